The summed E-state index contributed by atoms with van der Waals surface area (Å²) in [6, 6.07) is 2.99. The molecule has 0 aromatic heterocycles. The number of rotatable bonds is 1. The van der Waals surface area contributed by atoms with Gasteiger partial charge in [0.2, 0.25) is 0 Å². The van der Waals surface area contributed by atoms with Gasteiger partial charge in [0.1, 0.15) is 11.6 Å². The van der Waals surface area contributed by atoms with E-state index in [9.17, 15) is 8.78 Å². The van der Waals surface area contributed by atoms with Gasteiger partial charge in [-0.25, -0.2) is 8.78 Å². The zero-order chi connectivity index (χ0) is 10.1. The van der Waals surface area contributed by atoms with Crippen molar-refractivity contribution in [2.45, 2.75) is 38.5 Å². The Morgan fingerprint density at radius 2 is 1.57 bits per heavy atom. The molecule has 1 saturated carbocycles. The van der Waals surface area contributed by atoms with Crippen LogP contribution in [0.5, 0.6) is 0 Å². The molecule has 2 rings (SSSR count). The maximum Gasteiger partial charge on any atom is 0.129 e. The smallest absolute Gasteiger partial charge is 0.129 e. The minimum atomic E-state index is -0.410. The van der Waals surface area contributed by atoms with E-state index in [2.05, 4.69) is 0 Å². The zero-order valence-electron chi connectivity index (χ0n) is 8.32. The molecule has 0 bridgehead atoms. The van der Waals surface area contributed by atoms with Crippen LogP contribution >= 0.6 is 0 Å². The molecule has 1 aliphatic carbocycles. The van der Waals surface area contributed by atoms with Crippen LogP contribution in [0.4, 0.5) is 8.78 Å². The van der Waals surface area contributed by atoms with E-state index < -0.39 is 11.6 Å². The first-order valence-corrected chi connectivity index (χ1v) is 5.14. The first-order chi connectivity index (χ1) is 6.68. The van der Waals surface area contributed by atoms with Crippen LogP contribution in [0.25, 0.3) is 0 Å². The molecule has 0 nitrogen and oxygen atoms in total. The lowest BCUT2D eigenvalue weighted by Crippen LogP contribution is -1.97. The maximum atomic E-state index is 13.3. The van der Waals surface area contributed by atoms with Crippen LogP contribution in [-0.4, -0.2) is 0 Å². The summed E-state index contributed by atoms with van der Waals surface area (Å²) in [6.07, 6.45) is 4.51. The molecule has 0 N–H and O–H groups in total. The Hall–Kier alpha value is -0.920. The van der Waals surface area contributed by atoms with Crippen LogP contribution in [0.1, 0.15) is 42.7 Å². The minimum absolute atomic E-state index is 0.131. The van der Waals surface area contributed by atoms with Crippen LogP contribution in [0.2, 0.25) is 0 Å². The Morgan fingerprint density at radius 1 is 1.07 bits per heavy atom. The topological polar surface area (TPSA) is 0 Å². The largest absolute Gasteiger partial charge is 0.207 e. The molecular formula is C12H14F2. The van der Waals surface area contributed by atoms with Gasteiger partial charge >= 0.3 is 0 Å². The van der Waals surface area contributed by atoms with Crippen LogP contribution in [0, 0.1) is 18.6 Å². The van der Waals surface area contributed by atoms with Crippen molar-refractivity contribution >= 4 is 0 Å². The van der Waals surface area contributed by atoms with Gasteiger partial charge in [-0.1, -0.05) is 12.8 Å². The molecule has 1 aliphatic rings. The third-order valence-corrected chi connectivity index (χ3v) is 3.13. The van der Waals surface area contributed by atoms with Gasteiger partial charge in [-0.2, -0.15) is 0 Å². The average molecular weight is 196 g/mol. The van der Waals surface area contributed by atoms with E-state index in [1.807, 2.05) is 0 Å². The van der Waals surface area contributed by atoms with Gasteiger partial charge in [0.15, 0.2) is 0 Å². The number of hydrogen-bond donors (Lipinski definition) is 0. The summed E-state index contributed by atoms with van der Waals surface area (Å²) in [5, 5.41) is 0. The minimum Gasteiger partial charge on any atom is -0.207 e. The highest BCUT2D eigenvalue weighted by Gasteiger charge is 2.19. The fourth-order valence-corrected chi connectivity index (χ4v) is 2.16. The second-order valence-corrected chi connectivity index (χ2v) is 4.09. The lowest BCUT2D eigenvalue weighted by molar-refractivity contribution is 0.558. The lowest BCUT2D eigenvalue weighted by atomic mass is 9.96. The summed E-state index contributed by atoms with van der Waals surface area (Å²) < 4.78 is 26.5. The molecule has 0 radical (unpaired) electrons. The molecule has 76 valence electrons. The standard InChI is InChI=1S/C12H14F2/c1-8-11(13)6-10(7-12(8)14)9-4-2-3-5-9/h6-7,9H,2-5H2,1H3. The SMILES string of the molecule is Cc1c(F)cc(C2CCCC2)cc1F. The molecule has 1 fully saturated rings. The maximum absolute atomic E-state index is 13.3. The normalized spacial score (nSPS) is 17.6. The molecule has 0 atom stereocenters. The van der Waals surface area contributed by atoms with Crippen LogP contribution in [0.15, 0.2) is 12.1 Å². The predicted molar refractivity (Wildman–Crippen MR) is 52.3 cm³/mol. The fourth-order valence-electron chi connectivity index (χ4n) is 2.16. The van der Waals surface area contributed by atoms with Gasteiger partial charge in [-0.3, -0.25) is 0 Å². The summed E-state index contributed by atoms with van der Waals surface area (Å²) >= 11 is 0. The lowest BCUT2D eigenvalue weighted by Gasteiger charge is -2.10. The third-order valence-electron chi connectivity index (χ3n) is 3.13. The Kier molecular flexibility index (Phi) is 2.53. The molecule has 0 aliphatic heterocycles. The van der Waals surface area contributed by atoms with Gasteiger partial charge < -0.3 is 0 Å². The summed E-state index contributed by atoms with van der Waals surface area (Å²) in [5.41, 5.74) is 0.967. The van der Waals surface area contributed by atoms with E-state index in [4.69, 9.17) is 0 Å². The molecule has 0 spiro atoms. The van der Waals surface area contributed by atoms with Gasteiger partial charge in [-0.15, -0.1) is 0 Å². The van der Waals surface area contributed by atoms with Gasteiger partial charge in [0.05, 0.1) is 0 Å². The molecule has 2 heteroatoms. The summed E-state index contributed by atoms with van der Waals surface area (Å²) in [6.45, 7) is 1.48. The second kappa shape index (κ2) is 3.68. The van der Waals surface area contributed by atoms with Crippen molar-refractivity contribution in [1.82, 2.24) is 0 Å². The molecule has 0 saturated heterocycles. The van der Waals surface area contributed by atoms with Crippen LogP contribution in [0.3, 0.4) is 0 Å². The van der Waals surface area contributed by atoms with Gasteiger partial charge in [0, 0.05) is 5.56 Å². The van der Waals surface area contributed by atoms with E-state index in [1.54, 1.807) is 0 Å². The van der Waals surface area contributed by atoms with Crippen molar-refractivity contribution < 1.29 is 8.78 Å². The number of halogens is 2. The molecule has 0 unspecified atom stereocenters. The third kappa shape index (κ3) is 1.66. The highest BCUT2D eigenvalue weighted by atomic mass is 19.1. The van der Waals surface area contributed by atoms with Crippen LogP contribution in [-0.2, 0) is 0 Å². The Balaban J connectivity index is 2.34. The van der Waals surface area contributed by atoms with E-state index in [0.717, 1.165) is 18.4 Å². The van der Waals surface area contributed by atoms with Crippen molar-refractivity contribution in [1.29, 1.82) is 0 Å². The fraction of sp³-hybridized carbons (Fsp3) is 0.500. The number of hydrogen-bond acceptors (Lipinski definition) is 0. The monoisotopic (exact) mass is 196 g/mol. The molecule has 1 aromatic rings. The van der Waals surface area contributed by atoms with Crippen molar-refractivity contribution in [3.8, 4) is 0 Å². The summed E-state index contributed by atoms with van der Waals surface area (Å²) in [4.78, 5) is 0. The van der Waals surface area contributed by atoms with Crippen molar-refractivity contribution in [2.75, 3.05) is 0 Å². The first-order valence-electron chi connectivity index (χ1n) is 5.14. The summed E-state index contributed by atoms with van der Waals surface area (Å²) in [7, 11) is 0. The van der Waals surface area contributed by atoms with Crippen molar-refractivity contribution in [3.05, 3.63) is 34.9 Å². The Morgan fingerprint density at radius 3 is 2.07 bits per heavy atom. The molecular weight excluding hydrogens is 182 g/mol. The number of benzene rings is 1. The first kappa shape index (κ1) is 9.63. The highest BCUT2D eigenvalue weighted by Crippen LogP contribution is 2.35. The van der Waals surface area contributed by atoms with Crippen molar-refractivity contribution in [3.63, 3.8) is 0 Å². The highest BCUT2D eigenvalue weighted by molar-refractivity contribution is 5.28. The second-order valence-electron chi connectivity index (χ2n) is 4.09. The molecule has 0 amide bonds. The average Bonchev–Trinajstić information content (AvgIpc) is 2.66. The quantitative estimate of drug-likeness (QED) is 0.638. The van der Waals surface area contributed by atoms with E-state index >= 15 is 0 Å². The van der Waals surface area contributed by atoms with E-state index in [-0.39, 0.29) is 5.56 Å². The van der Waals surface area contributed by atoms with Crippen molar-refractivity contribution in [2.24, 2.45) is 0 Å². The molecule has 14 heavy (non-hydrogen) atoms. The van der Waals surface area contributed by atoms with Crippen LogP contribution < -0.4 is 0 Å². The van der Waals surface area contributed by atoms with E-state index in [0.29, 0.717) is 5.92 Å². The molecule has 0 heterocycles. The molecule has 1 aromatic carbocycles. The van der Waals surface area contributed by atoms with Gasteiger partial charge in [0.25, 0.3) is 0 Å². The van der Waals surface area contributed by atoms with Gasteiger partial charge in [-0.05, 0) is 43.4 Å². The Labute approximate surface area is 82.9 Å². The van der Waals surface area contributed by atoms with E-state index in [1.165, 1.54) is 31.9 Å². The zero-order valence-corrected chi connectivity index (χ0v) is 8.32. The Bertz CT molecular complexity index is 315. The summed E-state index contributed by atoms with van der Waals surface area (Å²) in [5.74, 6) is -0.446. The predicted octanol–water partition coefficient (Wildman–Crippen LogP) is 3.93.